The Morgan fingerprint density at radius 3 is 2.82 bits per heavy atom. The first-order valence-electron chi connectivity index (χ1n) is 4.82. The minimum absolute atomic E-state index is 0.160. The Kier molecular flexibility index (Phi) is 4.68. The highest BCUT2D eigenvalue weighted by Gasteiger charge is 2.18. The van der Waals surface area contributed by atoms with Gasteiger partial charge in [-0.05, 0) is 11.6 Å². The number of hydrogen-bond acceptors (Lipinski definition) is 6. The van der Waals surface area contributed by atoms with Gasteiger partial charge in [0, 0.05) is 22.2 Å². The second-order valence-electron chi connectivity index (χ2n) is 3.40. The molecule has 0 bridgehead atoms. The van der Waals surface area contributed by atoms with Gasteiger partial charge in [0.15, 0.2) is 0 Å². The monoisotopic (exact) mass is 239 g/mol. The van der Waals surface area contributed by atoms with Crippen LogP contribution < -0.4 is 5.73 Å². The maximum atomic E-state index is 9.73. The third-order valence-electron chi connectivity index (χ3n) is 2.23. The maximum Gasteiger partial charge on any atom is 0.128 e. The van der Waals surface area contributed by atoms with Crippen LogP contribution in [0.2, 0.25) is 0 Å². The molecule has 17 heavy (non-hydrogen) atoms. The van der Waals surface area contributed by atoms with E-state index in [1.54, 1.807) is 0 Å². The number of nitrogens with two attached hydrogens (primary N) is 1. The molecule has 0 saturated carbocycles. The lowest BCUT2D eigenvalue weighted by Crippen LogP contribution is -2.21. The van der Waals surface area contributed by atoms with Crippen molar-refractivity contribution in [3.8, 4) is 0 Å². The standard InChI is InChI=1S/C9H13N5O3/c10-9-6(4-15)1-5(2-12-9)8(17)7(16)3-13-14-11/h1-2,7-8,15-17H,3-4H2,(H2,10,12). The molecule has 0 aliphatic rings. The number of nitrogens with zero attached hydrogens (tertiary/aromatic N) is 4. The number of aliphatic hydroxyl groups is 3. The third kappa shape index (κ3) is 3.30. The van der Waals surface area contributed by atoms with Crippen molar-refractivity contribution in [3.63, 3.8) is 0 Å². The molecule has 0 aromatic carbocycles. The Hall–Kier alpha value is -1.86. The number of rotatable bonds is 5. The van der Waals surface area contributed by atoms with Crippen molar-refractivity contribution < 1.29 is 15.3 Å². The molecule has 0 spiro atoms. The molecule has 1 rings (SSSR count). The van der Waals surface area contributed by atoms with Gasteiger partial charge >= 0.3 is 0 Å². The molecule has 1 aromatic rings. The van der Waals surface area contributed by atoms with E-state index >= 15 is 0 Å². The van der Waals surface area contributed by atoms with Gasteiger partial charge in [-0.25, -0.2) is 4.98 Å². The summed E-state index contributed by atoms with van der Waals surface area (Å²) < 4.78 is 0. The summed E-state index contributed by atoms with van der Waals surface area (Å²) in [4.78, 5) is 6.25. The predicted molar refractivity (Wildman–Crippen MR) is 59.6 cm³/mol. The summed E-state index contributed by atoms with van der Waals surface area (Å²) in [6, 6.07) is 1.44. The lowest BCUT2D eigenvalue weighted by Gasteiger charge is -2.16. The van der Waals surface area contributed by atoms with Crippen molar-refractivity contribution in [3.05, 3.63) is 33.8 Å². The Bertz CT molecular complexity index is 433. The van der Waals surface area contributed by atoms with E-state index < -0.39 is 12.2 Å². The lowest BCUT2D eigenvalue weighted by molar-refractivity contribution is 0.0241. The molecule has 92 valence electrons. The van der Waals surface area contributed by atoms with Crippen molar-refractivity contribution in [1.29, 1.82) is 0 Å². The summed E-state index contributed by atoms with van der Waals surface area (Å²) >= 11 is 0. The van der Waals surface area contributed by atoms with E-state index in [2.05, 4.69) is 15.0 Å². The number of aliphatic hydroxyl groups excluding tert-OH is 3. The summed E-state index contributed by atoms with van der Waals surface area (Å²) in [6.45, 7) is -0.567. The van der Waals surface area contributed by atoms with Crippen LogP contribution in [-0.2, 0) is 6.61 Å². The molecule has 0 radical (unpaired) electrons. The van der Waals surface area contributed by atoms with Gasteiger partial charge in [0.05, 0.1) is 19.3 Å². The van der Waals surface area contributed by atoms with Crippen LogP contribution in [0.15, 0.2) is 17.4 Å². The number of nitrogen functional groups attached to an aromatic ring is 1. The Labute approximate surface area is 97.0 Å². The largest absolute Gasteiger partial charge is 0.392 e. The highest BCUT2D eigenvalue weighted by Crippen LogP contribution is 2.20. The zero-order valence-corrected chi connectivity index (χ0v) is 8.93. The Morgan fingerprint density at radius 2 is 2.24 bits per heavy atom. The van der Waals surface area contributed by atoms with E-state index in [1.165, 1.54) is 12.3 Å². The van der Waals surface area contributed by atoms with Crippen molar-refractivity contribution >= 4 is 5.82 Å². The predicted octanol–water partition coefficient (Wildman–Crippen LogP) is -0.139. The van der Waals surface area contributed by atoms with Crippen LogP contribution in [0.1, 0.15) is 17.2 Å². The topological polar surface area (TPSA) is 148 Å². The molecule has 8 heteroatoms. The molecule has 0 aliphatic heterocycles. The van der Waals surface area contributed by atoms with E-state index in [-0.39, 0.29) is 19.0 Å². The fourth-order valence-corrected chi connectivity index (χ4v) is 1.27. The van der Waals surface area contributed by atoms with Crippen LogP contribution in [0.25, 0.3) is 10.4 Å². The third-order valence-corrected chi connectivity index (χ3v) is 2.23. The van der Waals surface area contributed by atoms with Gasteiger partial charge < -0.3 is 21.1 Å². The highest BCUT2D eigenvalue weighted by atomic mass is 16.3. The Balaban J connectivity index is 2.88. The molecule has 0 fully saturated rings. The van der Waals surface area contributed by atoms with Crippen molar-refractivity contribution in [1.82, 2.24) is 4.98 Å². The van der Waals surface area contributed by atoms with Gasteiger partial charge in [0.25, 0.3) is 0 Å². The molecule has 0 amide bonds. The smallest absolute Gasteiger partial charge is 0.128 e. The molecule has 0 aliphatic carbocycles. The molecule has 2 unspecified atom stereocenters. The van der Waals surface area contributed by atoms with Crippen molar-refractivity contribution in [2.24, 2.45) is 5.11 Å². The molecule has 8 nitrogen and oxygen atoms in total. The molecule has 2 atom stereocenters. The average Bonchev–Trinajstić information content (AvgIpc) is 2.35. The van der Waals surface area contributed by atoms with Crippen LogP contribution in [-0.4, -0.2) is 33.0 Å². The van der Waals surface area contributed by atoms with Crippen LogP contribution in [0.5, 0.6) is 0 Å². The quantitative estimate of drug-likeness (QED) is 0.320. The minimum Gasteiger partial charge on any atom is -0.392 e. The van der Waals surface area contributed by atoms with Crippen molar-refractivity contribution in [2.75, 3.05) is 12.3 Å². The summed E-state index contributed by atoms with van der Waals surface area (Å²) in [5.74, 6) is 0.160. The molecule has 5 N–H and O–H groups in total. The van der Waals surface area contributed by atoms with Gasteiger partial charge in [0.2, 0.25) is 0 Å². The first-order chi connectivity index (χ1) is 8.10. The second kappa shape index (κ2) is 6.02. The maximum absolute atomic E-state index is 9.73. The molecular formula is C9H13N5O3. The fourth-order valence-electron chi connectivity index (χ4n) is 1.27. The number of anilines is 1. The highest BCUT2D eigenvalue weighted by molar-refractivity contribution is 5.41. The van der Waals surface area contributed by atoms with Crippen LogP contribution in [0.4, 0.5) is 5.82 Å². The summed E-state index contributed by atoms with van der Waals surface area (Å²) in [6.07, 6.45) is -1.19. The second-order valence-corrected chi connectivity index (χ2v) is 3.40. The fraction of sp³-hybridized carbons (Fsp3) is 0.444. The summed E-state index contributed by atoms with van der Waals surface area (Å²) in [5.41, 5.74) is 14.2. The van der Waals surface area contributed by atoms with Crippen LogP contribution >= 0.6 is 0 Å². The van der Waals surface area contributed by atoms with E-state index in [9.17, 15) is 10.2 Å². The van der Waals surface area contributed by atoms with Gasteiger partial charge in [-0.3, -0.25) is 0 Å². The Morgan fingerprint density at radius 1 is 1.53 bits per heavy atom. The average molecular weight is 239 g/mol. The first-order valence-corrected chi connectivity index (χ1v) is 4.82. The van der Waals surface area contributed by atoms with Gasteiger partial charge in [-0.1, -0.05) is 5.11 Å². The molecule has 1 heterocycles. The summed E-state index contributed by atoms with van der Waals surface area (Å²) in [5, 5.41) is 31.4. The zero-order valence-electron chi connectivity index (χ0n) is 8.93. The number of aromatic nitrogens is 1. The van der Waals surface area contributed by atoms with Crippen molar-refractivity contribution in [2.45, 2.75) is 18.8 Å². The molecular weight excluding hydrogens is 226 g/mol. The van der Waals surface area contributed by atoms with E-state index in [0.29, 0.717) is 11.1 Å². The van der Waals surface area contributed by atoms with Gasteiger partial charge in [0.1, 0.15) is 11.9 Å². The zero-order chi connectivity index (χ0) is 12.8. The van der Waals surface area contributed by atoms with Crippen LogP contribution in [0, 0.1) is 0 Å². The van der Waals surface area contributed by atoms with E-state index in [1.807, 2.05) is 0 Å². The minimum atomic E-state index is -1.25. The molecule has 0 saturated heterocycles. The summed E-state index contributed by atoms with van der Waals surface area (Å²) in [7, 11) is 0. The normalized spacial score (nSPS) is 13.8. The SMILES string of the molecule is [N-]=[N+]=NCC(O)C(O)c1cnc(N)c(CO)c1. The number of azide groups is 1. The first kappa shape index (κ1) is 13.2. The number of pyridine rings is 1. The van der Waals surface area contributed by atoms with Gasteiger partial charge in [-0.2, -0.15) is 0 Å². The van der Waals surface area contributed by atoms with Crippen LogP contribution in [0.3, 0.4) is 0 Å². The van der Waals surface area contributed by atoms with E-state index in [0.717, 1.165) is 0 Å². The van der Waals surface area contributed by atoms with E-state index in [4.69, 9.17) is 16.4 Å². The molecule has 1 aromatic heterocycles. The van der Waals surface area contributed by atoms with Gasteiger partial charge in [-0.15, -0.1) is 0 Å². The number of hydrogen-bond donors (Lipinski definition) is 4. The lowest BCUT2D eigenvalue weighted by atomic mass is 10.0.